The number of hydrogen-bond donors (Lipinski definition) is 1. The Labute approximate surface area is 146 Å². The smallest absolute Gasteiger partial charge is 0.268 e. The van der Waals surface area contributed by atoms with Crippen LogP contribution in [0.25, 0.3) is 0 Å². The number of benzene rings is 2. The number of carbonyl (C=O) groups excluding carboxylic acids is 2. The van der Waals surface area contributed by atoms with Gasteiger partial charge in [-0.25, -0.2) is 0 Å². The van der Waals surface area contributed by atoms with E-state index in [9.17, 15) is 9.59 Å². The molecular formula is C19H20N2O4. The second kappa shape index (κ2) is 7.36. The van der Waals surface area contributed by atoms with Crippen LogP contribution in [-0.4, -0.2) is 31.6 Å². The third-order valence-electron chi connectivity index (χ3n) is 3.91. The summed E-state index contributed by atoms with van der Waals surface area (Å²) >= 11 is 0. The fourth-order valence-corrected chi connectivity index (χ4v) is 2.75. The maximum absolute atomic E-state index is 12.6. The fraction of sp³-hybridized carbons (Fsp3) is 0.263. The van der Waals surface area contributed by atoms with E-state index in [1.165, 1.54) is 7.11 Å². The lowest BCUT2D eigenvalue weighted by Gasteiger charge is -2.33. The fourth-order valence-electron chi connectivity index (χ4n) is 2.75. The van der Waals surface area contributed by atoms with Gasteiger partial charge in [0.2, 0.25) is 5.91 Å². The molecule has 1 heterocycles. The molecule has 2 amide bonds. The van der Waals surface area contributed by atoms with E-state index in [4.69, 9.17) is 9.47 Å². The molecule has 25 heavy (non-hydrogen) atoms. The highest BCUT2D eigenvalue weighted by atomic mass is 16.5. The van der Waals surface area contributed by atoms with Gasteiger partial charge in [0.25, 0.3) is 5.91 Å². The van der Waals surface area contributed by atoms with Crippen LogP contribution in [0.15, 0.2) is 48.5 Å². The summed E-state index contributed by atoms with van der Waals surface area (Å²) in [5, 5.41) is 2.74. The van der Waals surface area contributed by atoms with E-state index >= 15 is 0 Å². The van der Waals surface area contributed by atoms with Gasteiger partial charge in [0.15, 0.2) is 6.10 Å². The molecule has 1 unspecified atom stereocenters. The second-order valence-electron chi connectivity index (χ2n) is 5.83. The lowest BCUT2D eigenvalue weighted by atomic mass is 10.1. The molecule has 0 spiro atoms. The summed E-state index contributed by atoms with van der Waals surface area (Å²) in [5.74, 6) is 0.231. The van der Waals surface area contributed by atoms with Crippen LogP contribution in [0.4, 0.5) is 11.4 Å². The maximum Gasteiger partial charge on any atom is 0.268 e. The molecule has 3 rings (SSSR count). The van der Waals surface area contributed by atoms with E-state index < -0.39 is 6.10 Å². The Morgan fingerprint density at radius 3 is 2.72 bits per heavy atom. The van der Waals surface area contributed by atoms with Crippen molar-refractivity contribution in [2.24, 2.45) is 0 Å². The molecule has 6 heteroatoms. The van der Waals surface area contributed by atoms with Crippen molar-refractivity contribution >= 4 is 23.2 Å². The Morgan fingerprint density at radius 1 is 1.24 bits per heavy atom. The zero-order valence-electron chi connectivity index (χ0n) is 14.2. The number of methoxy groups -OCH3 is 1. The number of fused-ring (bicyclic) bond motifs is 1. The predicted octanol–water partition coefficient (Wildman–Crippen LogP) is 2.59. The van der Waals surface area contributed by atoms with E-state index in [0.717, 1.165) is 5.56 Å². The van der Waals surface area contributed by atoms with Gasteiger partial charge in [-0.3, -0.25) is 9.59 Å². The third-order valence-corrected chi connectivity index (χ3v) is 3.91. The topological polar surface area (TPSA) is 67.9 Å². The molecule has 0 aromatic heterocycles. The Bertz CT molecular complexity index is 776. The molecule has 130 valence electrons. The van der Waals surface area contributed by atoms with Crippen molar-refractivity contribution in [1.82, 2.24) is 0 Å². The van der Waals surface area contributed by atoms with Crippen LogP contribution in [0.2, 0.25) is 0 Å². The van der Waals surface area contributed by atoms with E-state index in [1.54, 1.807) is 30.0 Å². The molecule has 2 aromatic rings. The first kappa shape index (κ1) is 17.0. The summed E-state index contributed by atoms with van der Waals surface area (Å²) in [6.45, 7) is 2.17. The van der Waals surface area contributed by atoms with Crippen LogP contribution in [-0.2, 0) is 20.9 Å². The predicted molar refractivity (Wildman–Crippen MR) is 94.7 cm³/mol. The number of anilines is 2. The standard InChI is InChI=1S/C19H20N2O4/c1-13-19(23)21(11-14-6-4-3-5-7-14)16-9-8-15(10-17(16)25-13)20-18(22)12-24-2/h3-10,13H,11-12H2,1-2H3,(H,20,22). The molecule has 0 saturated heterocycles. The Morgan fingerprint density at radius 2 is 2.00 bits per heavy atom. The van der Waals surface area contributed by atoms with Crippen LogP contribution in [0.5, 0.6) is 5.75 Å². The van der Waals surface area contributed by atoms with Gasteiger partial charge in [0.1, 0.15) is 12.4 Å². The summed E-state index contributed by atoms with van der Waals surface area (Å²) in [4.78, 5) is 25.9. The summed E-state index contributed by atoms with van der Waals surface area (Å²) in [6, 6.07) is 15.0. The molecule has 0 fully saturated rings. The number of amides is 2. The molecule has 6 nitrogen and oxygen atoms in total. The second-order valence-corrected chi connectivity index (χ2v) is 5.83. The van der Waals surface area contributed by atoms with Gasteiger partial charge in [0, 0.05) is 18.9 Å². The molecule has 0 bridgehead atoms. The number of nitrogens with one attached hydrogen (secondary N) is 1. The van der Waals surface area contributed by atoms with Crippen molar-refractivity contribution in [2.45, 2.75) is 19.6 Å². The van der Waals surface area contributed by atoms with Gasteiger partial charge in [-0.05, 0) is 24.6 Å². The van der Waals surface area contributed by atoms with Gasteiger partial charge in [-0.15, -0.1) is 0 Å². The zero-order chi connectivity index (χ0) is 17.8. The molecule has 1 atom stereocenters. The van der Waals surface area contributed by atoms with Crippen molar-refractivity contribution in [2.75, 3.05) is 23.9 Å². The summed E-state index contributed by atoms with van der Waals surface area (Å²) in [5.41, 5.74) is 2.33. The number of ether oxygens (including phenoxy) is 2. The summed E-state index contributed by atoms with van der Waals surface area (Å²) < 4.78 is 10.5. The van der Waals surface area contributed by atoms with E-state index in [-0.39, 0.29) is 18.4 Å². The Balaban J connectivity index is 1.87. The van der Waals surface area contributed by atoms with E-state index in [1.807, 2.05) is 30.3 Å². The first-order valence-corrected chi connectivity index (χ1v) is 8.03. The summed E-state index contributed by atoms with van der Waals surface area (Å²) in [7, 11) is 1.46. The largest absolute Gasteiger partial charge is 0.479 e. The zero-order valence-corrected chi connectivity index (χ0v) is 14.2. The van der Waals surface area contributed by atoms with Crippen molar-refractivity contribution in [3.05, 3.63) is 54.1 Å². The van der Waals surface area contributed by atoms with Gasteiger partial charge < -0.3 is 19.7 Å². The number of nitrogens with zero attached hydrogens (tertiary/aromatic N) is 1. The lowest BCUT2D eigenvalue weighted by molar-refractivity contribution is -0.125. The minimum Gasteiger partial charge on any atom is -0.479 e. The monoisotopic (exact) mass is 340 g/mol. The van der Waals surface area contributed by atoms with Crippen molar-refractivity contribution in [3.8, 4) is 5.75 Å². The minimum absolute atomic E-state index is 0.0209. The quantitative estimate of drug-likeness (QED) is 0.908. The average molecular weight is 340 g/mol. The Hall–Kier alpha value is -2.86. The van der Waals surface area contributed by atoms with Crippen molar-refractivity contribution in [1.29, 1.82) is 0 Å². The van der Waals surface area contributed by atoms with Crippen LogP contribution in [0.3, 0.4) is 0 Å². The molecule has 1 aliphatic rings. The van der Waals surface area contributed by atoms with Gasteiger partial charge in [0.05, 0.1) is 12.2 Å². The molecule has 1 aliphatic heterocycles. The third kappa shape index (κ3) is 3.80. The van der Waals surface area contributed by atoms with Gasteiger partial charge in [-0.2, -0.15) is 0 Å². The van der Waals surface area contributed by atoms with Crippen molar-refractivity contribution < 1.29 is 19.1 Å². The molecule has 1 N–H and O–H groups in total. The highest BCUT2D eigenvalue weighted by Gasteiger charge is 2.31. The SMILES string of the molecule is COCC(=O)Nc1ccc2c(c1)OC(C)C(=O)N2Cc1ccccc1. The highest BCUT2D eigenvalue weighted by Crippen LogP contribution is 2.37. The first-order valence-electron chi connectivity index (χ1n) is 8.03. The van der Waals surface area contributed by atoms with E-state index in [2.05, 4.69) is 5.32 Å². The number of hydrogen-bond acceptors (Lipinski definition) is 4. The van der Waals surface area contributed by atoms with Crippen LogP contribution in [0.1, 0.15) is 12.5 Å². The normalized spacial score (nSPS) is 16.2. The number of rotatable bonds is 5. The average Bonchev–Trinajstić information content (AvgIpc) is 2.60. The lowest BCUT2D eigenvalue weighted by Crippen LogP contribution is -2.44. The molecular weight excluding hydrogens is 320 g/mol. The first-order chi connectivity index (χ1) is 12.1. The van der Waals surface area contributed by atoms with E-state index in [0.29, 0.717) is 23.7 Å². The van der Waals surface area contributed by atoms with Crippen LogP contribution in [0, 0.1) is 0 Å². The van der Waals surface area contributed by atoms with Gasteiger partial charge >= 0.3 is 0 Å². The molecule has 2 aromatic carbocycles. The molecule has 0 aliphatic carbocycles. The molecule has 0 saturated carbocycles. The van der Waals surface area contributed by atoms with Crippen molar-refractivity contribution in [3.63, 3.8) is 0 Å². The van der Waals surface area contributed by atoms with Crippen LogP contribution >= 0.6 is 0 Å². The van der Waals surface area contributed by atoms with Crippen LogP contribution < -0.4 is 15.0 Å². The highest BCUT2D eigenvalue weighted by molar-refractivity contribution is 6.00. The summed E-state index contributed by atoms with van der Waals surface area (Å²) in [6.07, 6.45) is -0.582. The number of carbonyl (C=O) groups is 2. The Kier molecular flexibility index (Phi) is 5.00. The minimum atomic E-state index is -0.582. The maximum atomic E-state index is 12.6. The van der Waals surface area contributed by atoms with Gasteiger partial charge in [-0.1, -0.05) is 30.3 Å². The molecule has 0 radical (unpaired) electrons.